The van der Waals surface area contributed by atoms with Gasteiger partial charge in [0, 0.05) is 7.05 Å². The summed E-state index contributed by atoms with van der Waals surface area (Å²) in [7, 11) is 1.64. The predicted molar refractivity (Wildman–Crippen MR) is 30.9 cm³/mol. The highest BCUT2D eigenvalue weighted by Crippen LogP contribution is 1.22. The van der Waals surface area contributed by atoms with E-state index in [1.807, 2.05) is 0 Å². The van der Waals surface area contributed by atoms with E-state index >= 15 is 0 Å². The molecule has 0 aliphatic rings. The SMILES string of the molecule is C=NC.I. The van der Waals surface area contributed by atoms with Crippen molar-refractivity contribution in [3.05, 3.63) is 0 Å². The molecule has 0 radical (unpaired) electrons. The minimum atomic E-state index is 0. The van der Waals surface area contributed by atoms with Crippen LogP contribution in [-0.2, 0) is 0 Å². The van der Waals surface area contributed by atoms with Crippen LogP contribution in [0, 0.1) is 0 Å². The maximum Gasteiger partial charge on any atom is 0.0269 e. The molecule has 0 aliphatic heterocycles. The van der Waals surface area contributed by atoms with Gasteiger partial charge < -0.3 is 4.99 Å². The second-order valence-corrected chi connectivity index (χ2v) is 0.316. The predicted octanol–water partition coefficient (Wildman–Crippen LogP) is 0.935. The van der Waals surface area contributed by atoms with Gasteiger partial charge in [0.1, 0.15) is 0 Å². The van der Waals surface area contributed by atoms with E-state index in [4.69, 9.17) is 0 Å². The molecule has 0 N–H and O–H groups in total. The lowest BCUT2D eigenvalue weighted by Gasteiger charge is -1.38. The van der Waals surface area contributed by atoms with Gasteiger partial charge in [0.25, 0.3) is 0 Å². The second-order valence-electron chi connectivity index (χ2n) is 0.316. The van der Waals surface area contributed by atoms with Crippen LogP contribution in [0.1, 0.15) is 0 Å². The molecule has 26 valence electrons. The molecule has 0 aromatic carbocycles. The van der Waals surface area contributed by atoms with Gasteiger partial charge in [0.15, 0.2) is 0 Å². The highest BCUT2D eigenvalue weighted by Gasteiger charge is 1.09. The summed E-state index contributed by atoms with van der Waals surface area (Å²) in [5.74, 6) is 0. The fourth-order valence-corrected chi connectivity index (χ4v) is 0. The van der Waals surface area contributed by atoms with Crippen LogP contribution in [0.2, 0.25) is 0 Å². The van der Waals surface area contributed by atoms with Gasteiger partial charge in [-0.2, -0.15) is 0 Å². The van der Waals surface area contributed by atoms with Gasteiger partial charge in [-0.25, -0.2) is 0 Å². The van der Waals surface area contributed by atoms with E-state index < -0.39 is 0 Å². The molecule has 0 heterocycles. The summed E-state index contributed by atoms with van der Waals surface area (Å²) in [4.78, 5) is 3.25. The Morgan fingerprint density at radius 2 is 1.75 bits per heavy atom. The molecule has 0 amide bonds. The molecule has 0 saturated heterocycles. The maximum atomic E-state index is 3.25. The van der Waals surface area contributed by atoms with Crippen molar-refractivity contribution in [1.82, 2.24) is 0 Å². The molecule has 0 aromatic heterocycles. The first-order chi connectivity index (χ1) is 1.41. The molecule has 4 heavy (non-hydrogen) atoms. The van der Waals surface area contributed by atoms with Crippen molar-refractivity contribution in [2.24, 2.45) is 4.99 Å². The normalized spacial score (nSPS) is 3.25. The smallest absolute Gasteiger partial charge is 0.0269 e. The summed E-state index contributed by atoms with van der Waals surface area (Å²) in [5, 5.41) is 0. The Kier molecular flexibility index (Phi) is 22.1. The number of rotatable bonds is 0. The lowest BCUT2D eigenvalue weighted by atomic mass is 11.4. The zero-order valence-corrected chi connectivity index (χ0v) is 4.89. The van der Waals surface area contributed by atoms with Gasteiger partial charge in [0.2, 0.25) is 0 Å². The Bertz CT molecular complexity index is 13.5. The molecule has 0 spiro atoms. The van der Waals surface area contributed by atoms with Gasteiger partial charge >= 0.3 is 0 Å². The Morgan fingerprint density at radius 3 is 1.75 bits per heavy atom. The first-order valence-corrected chi connectivity index (χ1v) is 0.763. The molecule has 0 aliphatic carbocycles. The third-order valence-corrected chi connectivity index (χ3v) is 0. The van der Waals surface area contributed by atoms with E-state index in [1.165, 1.54) is 0 Å². The van der Waals surface area contributed by atoms with Crippen LogP contribution in [0.4, 0.5) is 0 Å². The van der Waals surface area contributed by atoms with Crippen LogP contribution in [0.15, 0.2) is 4.99 Å². The summed E-state index contributed by atoms with van der Waals surface area (Å²) >= 11 is 0. The topological polar surface area (TPSA) is 12.4 Å². The molecule has 0 fully saturated rings. The van der Waals surface area contributed by atoms with E-state index in [2.05, 4.69) is 11.7 Å². The number of nitrogens with zero attached hydrogens (tertiary/aromatic N) is 1. The van der Waals surface area contributed by atoms with Crippen molar-refractivity contribution in [1.29, 1.82) is 0 Å². The van der Waals surface area contributed by atoms with Crippen LogP contribution in [0.3, 0.4) is 0 Å². The molecule has 0 aromatic rings. The Labute approximate surface area is 43.1 Å². The fraction of sp³-hybridized carbons (Fsp3) is 0.500. The summed E-state index contributed by atoms with van der Waals surface area (Å²) in [6, 6.07) is 0. The summed E-state index contributed by atoms with van der Waals surface area (Å²) < 4.78 is 0. The molecule has 2 heteroatoms. The second kappa shape index (κ2) is 9.99. The Morgan fingerprint density at radius 1 is 1.75 bits per heavy atom. The zero-order valence-electron chi connectivity index (χ0n) is 2.56. The van der Waals surface area contributed by atoms with Crippen LogP contribution >= 0.6 is 24.0 Å². The van der Waals surface area contributed by atoms with Crippen molar-refractivity contribution < 1.29 is 0 Å². The maximum absolute atomic E-state index is 3.25. The van der Waals surface area contributed by atoms with Crippen molar-refractivity contribution in [3.63, 3.8) is 0 Å². The summed E-state index contributed by atoms with van der Waals surface area (Å²) in [6.07, 6.45) is 0. The van der Waals surface area contributed by atoms with Gasteiger partial charge in [-0.1, -0.05) is 0 Å². The number of hydrogen-bond donors (Lipinski definition) is 0. The lowest BCUT2D eigenvalue weighted by Crippen LogP contribution is -1.26. The van der Waals surface area contributed by atoms with Crippen LogP contribution in [-0.4, -0.2) is 13.8 Å². The number of halogens is 1. The standard InChI is InChI=1S/C2H5N.HI/c1-3-2;/h1H2,2H3;1H. The Balaban J connectivity index is 0. The molecular formula is C2H6IN. The van der Waals surface area contributed by atoms with Crippen LogP contribution < -0.4 is 0 Å². The zero-order chi connectivity index (χ0) is 2.71. The third-order valence-electron chi connectivity index (χ3n) is 0. The molecule has 0 rings (SSSR count). The lowest BCUT2D eigenvalue weighted by molar-refractivity contribution is 1.49. The molecule has 1 nitrogen and oxygen atoms in total. The monoisotopic (exact) mass is 171 g/mol. The van der Waals surface area contributed by atoms with Gasteiger partial charge in [0.05, 0.1) is 0 Å². The van der Waals surface area contributed by atoms with Gasteiger partial charge in [-0.3, -0.25) is 0 Å². The number of aliphatic imine (C=N–C) groups is 1. The molecule has 0 saturated carbocycles. The van der Waals surface area contributed by atoms with Gasteiger partial charge in [-0.05, 0) is 6.72 Å². The minimum Gasteiger partial charge on any atom is -0.304 e. The minimum absolute atomic E-state index is 0. The van der Waals surface area contributed by atoms with E-state index in [-0.39, 0.29) is 24.0 Å². The van der Waals surface area contributed by atoms with Crippen molar-refractivity contribution in [3.8, 4) is 0 Å². The third kappa shape index (κ3) is 29.4. The van der Waals surface area contributed by atoms with Crippen LogP contribution in [0.5, 0.6) is 0 Å². The van der Waals surface area contributed by atoms with Crippen molar-refractivity contribution in [2.45, 2.75) is 0 Å². The van der Waals surface area contributed by atoms with Crippen molar-refractivity contribution in [2.75, 3.05) is 7.05 Å². The highest BCUT2D eigenvalue weighted by molar-refractivity contribution is 14.0. The summed E-state index contributed by atoms with van der Waals surface area (Å²) in [5.41, 5.74) is 0. The first kappa shape index (κ1) is 8.83. The average Bonchev–Trinajstić information content (AvgIpc) is 0.918. The molecular weight excluding hydrogens is 165 g/mol. The molecule has 0 bridgehead atoms. The van der Waals surface area contributed by atoms with E-state index in [9.17, 15) is 0 Å². The van der Waals surface area contributed by atoms with E-state index in [1.54, 1.807) is 7.05 Å². The Hall–Kier alpha value is 0.400. The first-order valence-electron chi connectivity index (χ1n) is 0.763. The molecule has 0 unspecified atom stereocenters. The van der Waals surface area contributed by atoms with E-state index in [0.29, 0.717) is 0 Å². The summed E-state index contributed by atoms with van der Waals surface area (Å²) in [6.45, 7) is 3.11. The van der Waals surface area contributed by atoms with Crippen molar-refractivity contribution >= 4 is 30.7 Å². The largest absolute Gasteiger partial charge is 0.304 e. The molecule has 0 atom stereocenters. The van der Waals surface area contributed by atoms with Crippen LogP contribution in [0.25, 0.3) is 0 Å². The number of hydrogen-bond acceptors (Lipinski definition) is 1. The average molecular weight is 171 g/mol. The van der Waals surface area contributed by atoms with E-state index in [0.717, 1.165) is 0 Å². The van der Waals surface area contributed by atoms with Gasteiger partial charge in [-0.15, -0.1) is 24.0 Å². The highest BCUT2D eigenvalue weighted by atomic mass is 127. The fourth-order valence-electron chi connectivity index (χ4n) is 0. The quantitative estimate of drug-likeness (QED) is 0.379.